The largest absolute Gasteiger partial charge is 0.414 e. The smallest absolute Gasteiger partial charge is 0.330 e. The van der Waals surface area contributed by atoms with E-state index >= 15 is 0 Å². The van der Waals surface area contributed by atoms with Gasteiger partial charge in [0.1, 0.15) is 74.2 Å². The quantitative estimate of drug-likeness (QED) is 0.0109. The third-order valence-corrected chi connectivity index (χ3v) is 54.7. The average molecular weight is 2070 g/mol. The summed E-state index contributed by atoms with van der Waals surface area (Å²) in [6.45, 7) is 66.5. The van der Waals surface area contributed by atoms with Crippen LogP contribution in [0.4, 0.5) is 0 Å². The molecule has 6 aromatic rings. The van der Waals surface area contributed by atoms with Crippen LogP contribution in [0.5, 0.6) is 0 Å². The van der Waals surface area contributed by atoms with Gasteiger partial charge in [-0.05, 0) is 156 Å². The van der Waals surface area contributed by atoms with Gasteiger partial charge in [0.2, 0.25) is 0 Å². The Hall–Kier alpha value is -8.16. The lowest BCUT2D eigenvalue weighted by atomic mass is 10.1. The maximum atomic E-state index is 13.0. The number of terminal acetylenes is 1. The highest BCUT2D eigenvalue weighted by molar-refractivity contribution is 14.1. The number of fused-ring (bicyclic) bond motifs is 2. The van der Waals surface area contributed by atoms with Crippen molar-refractivity contribution in [2.75, 3.05) is 39.6 Å². The number of ether oxygens (including phenoxy) is 3. The molecule has 0 aliphatic carbocycles. The van der Waals surface area contributed by atoms with Crippen molar-refractivity contribution in [3.05, 3.63) is 202 Å². The Labute approximate surface area is 807 Å². The number of carbonyl (C=O) groups excluding carboxylic acids is 5. The molecule has 11 rings (SSSR count). The first-order chi connectivity index (χ1) is 61.7. The van der Waals surface area contributed by atoms with Gasteiger partial charge in [0.05, 0.1) is 64.0 Å². The molecule has 8 heterocycles. The second-order valence-electron chi connectivity index (χ2n) is 42.7. The molecule has 0 unspecified atom stereocenters. The molecule has 5 N–H and O–H groups in total. The second kappa shape index (κ2) is 45.2. The first-order valence-corrected chi connectivity index (χ1v) is 63.3. The summed E-state index contributed by atoms with van der Waals surface area (Å²) in [6.07, 6.45) is 7.95. The number of hydrogen-bond donors (Lipinski definition) is 4. The van der Waals surface area contributed by atoms with Crippen molar-refractivity contribution in [1.82, 2.24) is 38.8 Å². The van der Waals surface area contributed by atoms with Crippen LogP contribution in [0, 0.1) is 39.6 Å². The summed E-state index contributed by atoms with van der Waals surface area (Å²) in [7, 11) is -12.5. The Balaban J connectivity index is 0.000000247. The number of nitrogens with two attached hydrogens (primary N) is 1. The zero-order valence-corrected chi connectivity index (χ0v) is 91.7. The number of imide groups is 2. The SMILES string of the molecule is C#CCON1C(=O)c2ccccc2C1=O.CC(C)(C)[Si](C)(C)OC[C@H]1O[C@@H](n2cc(C#CCON)c(=O)[nH]c2=O)C[C@H]1O[Si](C)(C)C(C)(C)C.CC(C)(C)[Si](C)(C)OC[C@H]1O[C@@H](n2cc(C#CCON3C(=O)c4ccccc4C3=O)c(=O)[nH]c2=O)C[C@H]1O[Si](C)(C)C(C)(C)C.CC(C)(C)[Si](C)(C)OC[C@H]1O[C@@H](n2cc(I)c(=O)[nH]c2=O)C[C@H]1O[Si](C)(C)C(C)(C)C.O=Cc1ccccc1. The number of amides is 4. The number of hydroxylamine groups is 4. The number of rotatable bonds is 24. The van der Waals surface area contributed by atoms with Gasteiger partial charge in [-0.15, -0.1) is 16.5 Å². The van der Waals surface area contributed by atoms with E-state index in [0.717, 1.165) is 11.8 Å². The summed E-state index contributed by atoms with van der Waals surface area (Å²) < 4.78 is 63.5. The molecule has 0 bridgehead atoms. The van der Waals surface area contributed by atoms with Gasteiger partial charge in [0.15, 0.2) is 49.9 Å². The zero-order chi connectivity index (χ0) is 101. The number of aromatic nitrogens is 6. The van der Waals surface area contributed by atoms with Gasteiger partial charge in [-0.1, -0.05) is 209 Å². The molecule has 734 valence electrons. The molecule has 3 aromatic heterocycles. The summed E-state index contributed by atoms with van der Waals surface area (Å²) >= 11 is 1.93. The van der Waals surface area contributed by atoms with E-state index in [2.05, 4.69) is 253 Å². The van der Waals surface area contributed by atoms with E-state index in [0.29, 0.717) is 63.9 Å². The number of benzene rings is 3. The minimum Gasteiger partial charge on any atom is -0.414 e. The van der Waals surface area contributed by atoms with Gasteiger partial charge in [-0.25, -0.2) is 30.0 Å². The van der Waals surface area contributed by atoms with Crippen LogP contribution in [-0.4, -0.2) is 195 Å². The van der Waals surface area contributed by atoms with E-state index in [1.165, 1.54) is 26.1 Å². The molecule has 3 saturated heterocycles. The van der Waals surface area contributed by atoms with Crippen molar-refractivity contribution in [3.63, 3.8) is 0 Å². The number of H-pyrrole nitrogens is 3. The fraction of sp³-hybridized carbons (Fsp3) is 0.568. The van der Waals surface area contributed by atoms with Gasteiger partial charge < -0.3 is 40.8 Å². The number of nitrogens with one attached hydrogen (secondary N) is 3. The highest BCUT2D eigenvalue weighted by atomic mass is 127. The fourth-order valence-corrected chi connectivity index (χ4v) is 20.0. The Morgan fingerprint density at radius 3 is 0.963 bits per heavy atom. The summed E-state index contributed by atoms with van der Waals surface area (Å²) in [6, 6.07) is 22.0. The van der Waals surface area contributed by atoms with E-state index in [9.17, 15) is 52.7 Å². The molecule has 0 spiro atoms. The number of aldehydes is 1. The first kappa shape index (κ1) is 113. The van der Waals surface area contributed by atoms with Crippen molar-refractivity contribution in [2.24, 2.45) is 5.90 Å². The van der Waals surface area contributed by atoms with Crippen LogP contribution in [0.2, 0.25) is 109 Å². The molecule has 3 aromatic carbocycles. The van der Waals surface area contributed by atoms with Crippen molar-refractivity contribution in [3.8, 4) is 36.0 Å². The van der Waals surface area contributed by atoms with Gasteiger partial charge in [-0.3, -0.25) is 71.8 Å². The Bertz CT molecular complexity index is 5650. The third-order valence-electron chi connectivity index (χ3n) is 26.9. The molecule has 4 amide bonds. The van der Waals surface area contributed by atoms with Crippen LogP contribution in [0.15, 0.2) is 126 Å². The number of aromatic amines is 3. The molecule has 0 saturated carbocycles. The first-order valence-electron chi connectivity index (χ1n) is 44.8. The molecule has 5 aliphatic heterocycles. The minimum atomic E-state index is -2.21. The molecular weight excluding hydrogens is 1930 g/mol. The topological polar surface area (TPSA) is 393 Å². The maximum Gasteiger partial charge on any atom is 0.330 e. The highest BCUT2D eigenvalue weighted by Crippen LogP contribution is 2.47. The van der Waals surface area contributed by atoms with Gasteiger partial charge in [0, 0.05) is 43.4 Å². The van der Waals surface area contributed by atoms with E-state index < -0.39 is 127 Å². The predicted molar refractivity (Wildman–Crippen MR) is 538 cm³/mol. The van der Waals surface area contributed by atoms with E-state index in [1.54, 1.807) is 66.9 Å². The van der Waals surface area contributed by atoms with Crippen LogP contribution in [0.3, 0.4) is 0 Å². The molecule has 3 fully saturated rings. The van der Waals surface area contributed by atoms with E-state index in [-0.39, 0.29) is 108 Å². The molecule has 32 nitrogen and oxygen atoms in total. The number of carbonyl (C=O) groups is 5. The molecule has 0 radical (unpaired) electrons. The van der Waals surface area contributed by atoms with Crippen LogP contribution in [0.1, 0.15) is 225 Å². The number of halogens is 1. The van der Waals surface area contributed by atoms with Gasteiger partial charge in [-0.2, -0.15) is 0 Å². The van der Waals surface area contributed by atoms with Crippen LogP contribution in [-0.2, 0) is 55.3 Å². The van der Waals surface area contributed by atoms with Crippen molar-refractivity contribution >= 4 is 102 Å². The Morgan fingerprint density at radius 2 is 0.687 bits per heavy atom. The monoisotopic (exact) mass is 2070 g/mol. The highest BCUT2D eigenvalue weighted by Gasteiger charge is 2.52. The summed E-state index contributed by atoms with van der Waals surface area (Å²) in [5, 5.41) is 1.54. The van der Waals surface area contributed by atoms with Crippen LogP contribution >= 0.6 is 22.6 Å². The average Bonchev–Trinajstić information content (AvgIpc) is 1.66. The lowest BCUT2D eigenvalue weighted by molar-refractivity contribution is -0.0784. The predicted octanol–water partition coefficient (Wildman–Crippen LogP) is 15.5. The second-order valence-corrected chi connectivity index (χ2v) is 72.6. The van der Waals surface area contributed by atoms with Crippen LogP contribution in [0.25, 0.3) is 0 Å². The van der Waals surface area contributed by atoms with E-state index in [4.69, 9.17) is 62.8 Å². The van der Waals surface area contributed by atoms with Crippen molar-refractivity contribution < 1.29 is 79.3 Å². The molecule has 9 atom stereocenters. The molecule has 134 heavy (non-hydrogen) atoms. The summed E-state index contributed by atoms with van der Waals surface area (Å²) in [5.74, 6) is 15.8. The lowest BCUT2D eigenvalue weighted by Gasteiger charge is -2.40. The van der Waals surface area contributed by atoms with E-state index in [1.807, 2.05) is 40.8 Å². The fourth-order valence-electron chi connectivity index (χ4n) is 12.5. The Morgan fingerprint density at radius 1 is 0.410 bits per heavy atom. The van der Waals surface area contributed by atoms with Gasteiger partial charge >= 0.3 is 17.1 Å². The summed E-state index contributed by atoms with van der Waals surface area (Å²) in [4.78, 5) is 155. The lowest BCUT2D eigenvalue weighted by Crippen LogP contribution is -2.48. The Kier molecular flexibility index (Phi) is 38.1. The summed E-state index contributed by atoms with van der Waals surface area (Å²) in [5.41, 5.74) is -1.22. The number of hydrogen-bond acceptors (Lipinski definition) is 24. The zero-order valence-electron chi connectivity index (χ0n) is 83.5. The minimum absolute atomic E-state index is 0.00648. The standard InChI is InChI=1S/C32H45N3O8Si2.C24H43N3O6Si2.C21H39IN2O5Si2.C11H7NO3.C7H6O/c1-31(2,3)44(7,8)41-20-25-24(43-45(9,10)32(4,5)6)18-26(42-25)34-19-21(27(36)33-30(34)39)14-13-17-40-35-28(37)22-15-11-12-16-23(22)29(35)38;1-23(2,3)34(7,8)31-16-19-18(33-35(9,10)24(4,5)6)14-20(32-19)27-15-17(12-11-13-30-25)21(28)26-22(27)29;1-20(2,3)30(7,8)27-13-16-15(29-31(9,10)21(4,5)6)11-17(28-16)24-12-14(22)18(25)23-19(24)26;1-2-7-15-12-10(13)8-5-3-4-6-9(8)11(12)14;8-6-7-4-2-1-3-5-7/h11-12,15-16,19,24-26H,17-18,20H2,1-10H3,(H,33,36,39);15,18-20H,13-14,16,25H2,1-10H3,(H,26,28,29);12,15-17H,11,13H2,1-10H3,(H,23,25,26);1,3-6H,7H2;1-6H/t24-,25-,26-;18-,19-,20-;15-,16-,17-;;/m111../s1. The molecule has 5 aliphatic rings. The maximum absolute atomic E-state index is 13.0. The normalized spacial score (nSPS) is 20.1. The third kappa shape index (κ3) is 28.8. The molecular formula is C95H140IN9O23Si6. The van der Waals surface area contributed by atoms with Crippen molar-refractivity contribution in [2.45, 2.75) is 308 Å². The van der Waals surface area contributed by atoms with Gasteiger partial charge in [0.25, 0.3) is 40.3 Å². The van der Waals surface area contributed by atoms with Crippen molar-refractivity contribution in [1.29, 1.82) is 0 Å². The number of nitrogens with zero attached hydrogens (tertiary/aromatic N) is 5. The molecule has 39 heteroatoms. The van der Waals surface area contributed by atoms with Crippen LogP contribution < -0.4 is 39.6 Å².